The van der Waals surface area contributed by atoms with Crippen molar-refractivity contribution in [3.63, 3.8) is 0 Å². The number of non-ortho nitro benzene ring substituents is 1. The Morgan fingerprint density at radius 3 is 2.33 bits per heavy atom. The molecular formula is C21H20N2O4. The lowest BCUT2D eigenvalue weighted by molar-refractivity contribution is -0.384. The summed E-state index contributed by atoms with van der Waals surface area (Å²) in [5, 5.41) is 11.0. The molecule has 1 unspecified atom stereocenters. The number of carbonyl (C=O) groups is 2. The first-order valence-electron chi connectivity index (χ1n) is 9.08. The fourth-order valence-electron chi connectivity index (χ4n) is 4.38. The molecule has 0 aromatic heterocycles. The third-order valence-corrected chi connectivity index (χ3v) is 5.95. The zero-order valence-corrected chi connectivity index (χ0v) is 15.0. The Kier molecular flexibility index (Phi) is 4.06. The number of benzene rings is 2. The molecule has 0 spiro atoms. The highest BCUT2D eigenvalue weighted by Gasteiger charge is 2.75. The maximum absolute atomic E-state index is 12.8. The standard InChI is InChI=1S/C21H20N2O4/c1-21(15-10-5-11-16(13-15)23(26)27)17-18(21)20(25)22(19(17)24)12-6-9-14-7-3-2-4-8-14/h2-5,7-8,10-11,13,17-18H,6,9,12H2,1H3/t17-,18+,21?. The molecule has 2 amide bonds. The van der Waals surface area contributed by atoms with Crippen molar-refractivity contribution in [2.75, 3.05) is 6.54 Å². The highest BCUT2D eigenvalue weighted by molar-refractivity contribution is 6.11. The monoisotopic (exact) mass is 364 g/mol. The van der Waals surface area contributed by atoms with Crippen molar-refractivity contribution in [1.82, 2.24) is 4.90 Å². The number of carbonyl (C=O) groups excluding carboxylic acids is 2. The van der Waals surface area contributed by atoms with Crippen LogP contribution in [0.4, 0.5) is 5.69 Å². The Hall–Kier alpha value is -3.02. The van der Waals surface area contributed by atoms with E-state index in [1.807, 2.05) is 37.3 Å². The quantitative estimate of drug-likeness (QED) is 0.448. The number of nitrogens with zero attached hydrogens (tertiary/aromatic N) is 2. The van der Waals surface area contributed by atoms with Crippen LogP contribution in [-0.2, 0) is 21.4 Å². The normalized spacial score (nSPS) is 26.2. The van der Waals surface area contributed by atoms with Gasteiger partial charge in [0, 0.05) is 24.1 Å². The van der Waals surface area contributed by atoms with E-state index in [0.29, 0.717) is 12.1 Å². The second-order valence-corrected chi connectivity index (χ2v) is 7.46. The first kappa shape index (κ1) is 17.4. The molecule has 0 bridgehead atoms. The molecule has 0 N–H and O–H groups in total. The number of likely N-dealkylation sites (tertiary alicyclic amines) is 1. The summed E-state index contributed by atoms with van der Waals surface area (Å²) in [7, 11) is 0. The van der Waals surface area contributed by atoms with Crippen LogP contribution in [0.25, 0.3) is 0 Å². The summed E-state index contributed by atoms with van der Waals surface area (Å²) in [5.41, 5.74) is 1.23. The van der Waals surface area contributed by atoms with Crippen LogP contribution >= 0.6 is 0 Å². The van der Waals surface area contributed by atoms with Gasteiger partial charge in [-0.05, 0) is 24.0 Å². The van der Waals surface area contributed by atoms with E-state index in [2.05, 4.69) is 0 Å². The Bertz CT molecular complexity index is 903. The number of piperidine rings is 1. The van der Waals surface area contributed by atoms with Crippen molar-refractivity contribution in [3.05, 3.63) is 75.8 Å². The van der Waals surface area contributed by atoms with Crippen LogP contribution in [0.2, 0.25) is 0 Å². The minimum absolute atomic E-state index is 0.0155. The van der Waals surface area contributed by atoms with Gasteiger partial charge in [0.2, 0.25) is 11.8 Å². The summed E-state index contributed by atoms with van der Waals surface area (Å²) < 4.78 is 0. The summed E-state index contributed by atoms with van der Waals surface area (Å²) in [6.45, 7) is 2.28. The molecule has 1 saturated heterocycles. The third-order valence-electron chi connectivity index (χ3n) is 5.95. The average Bonchev–Trinajstić information content (AvgIpc) is 3.23. The fraction of sp³-hybridized carbons (Fsp3) is 0.333. The van der Waals surface area contributed by atoms with Crippen LogP contribution < -0.4 is 0 Å². The molecule has 3 atom stereocenters. The Morgan fingerprint density at radius 1 is 1.04 bits per heavy atom. The van der Waals surface area contributed by atoms with Crippen LogP contribution in [0.3, 0.4) is 0 Å². The molecular weight excluding hydrogens is 344 g/mol. The van der Waals surface area contributed by atoms with E-state index in [0.717, 1.165) is 12.8 Å². The van der Waals surface area contributed by atoms with Crippen molar-refractivity contribution >= 4 is 17.5 Å². The predicted molar refractivity (Wildman–Crippen MR) is 98.9 cm³/mol. The van der Waals surface area contributed by atoms with Gasteiger partial charge in [0.1, 0.15) is 0 Å². The van der Waals surface area contributed by atoms with Gasteiger partial charge in [0.05, 0.1) is 16.8 Å². The number of rotatable bonds is 6. The van der Waals surface area contributed by atoms with Gasteiger partial charge in [-0.3, -0.25) is 24.6 Å². The first-order chi connectivity index (χ1) is 12.9. The number of nitro groups is 1. The highest BCUT2D eigenvalue weighted by Crippen LogP contribution is 2.64. The van der Waals surface area contributed by atoms with E-state index in [9.17, 15) is 19.7 Å². The first-order valence-corrected chi connectivity index (χ1v) is 9.08. The molecule has 0 radical (unpaired) electrons. The number of aryl methyl sites for hydroxylation is 1. The summed E-state index contributed by atoms with van der Waals surface area (Å²) in [4.78, 5) is 37.5. The molecule has 1 heterocycles. The fourth-order valence-corrected chi connectivity index (χ4v) is 4.38. The second kappa shape index (κ2) is 6.30. The molecule has 27 heavy (non-hydrogen) atoms. The van der Waals surface area contributed by atoms with Crippen LogP contribution in [-0.4, -0.2) is 28.2 Å². The molecule has 138 valence electrons. The number of fused-ring (bicyclic) bond motifs is 1. The largest absolute Gasteiger partial charge is 0.282 e. The average molecular weight is 364 g/mol. The number of hydrogen-bond acceptors (Lipinski definition) is 4. The van der Waals surface area contributed by atoms with E-state index in [-0.39, 0.29) is 17.5 Å². The summed E-state index contributed by atoms with van der Waals surface area (Å²) >= 11 is 0. The highest BCUT2D eigenvalue weighted by atomic mass is 16.6. The molecule has 1 aliphatic carbocycles. The molecule has 1 saturated carbocycles. The van der Waals surface area contributed by atoms with Crippen LogP contribution in [0.1, 0.15) is 24.5 Å². The smallest absolute Gasteiger partial charge is 0.269 e. The number of hydrogen-bond donors (Lipinski definition) is 0. The van der Waals surface area contributed by atoms with Crippen LogP contribution in [0.15, 0.2) is 54.6 Å². The maximum atomic E-state index is 12.8. The van der Waals surface area contributed by atoms with Gasteiger partial charge in [0.15, 0.2) is 0 Å². The lowest BCUT2D eigenvalue weighted by atomic mass is 9.91. The second-order valence-electron chi connectivity index (χ2n) is 7.46. The van der Waals surface area contributed by atoms with E-state index in [4.69, 9.17) is 0 Å². The molecule has 2 aliphatic rings. The zero-order chi connectivity index (χ0) is 19.2. The molecule has 1 aliphatic heterocycles. The molecule has 4 rings (SSSR count). The van der Waals surface area contributed by atoms with Gasteiger partial charge in [-0.1, -0.05) is 49.4 Å². The van der Waals surface area contributed by atoms with Crippen molar-refractivity contribution in [3.8, 4) is 0 Å². The van der Waals surface area contributed by atoms with E-state index in [1.54, 1.807) is 12.1 Å². The zero-order valence-electron chi connectivity index (χ0n) is 15.0. The Morgan fingerprint density at radius 2 is 1.70 bits per heavy atom. The van der Waals surface area contributed by atoms with Crippen molar-refractivity contribution in [2.45, 2.75) is 25.2 Å². The molecule has 2 fully saturated rings. The van der Waals surface area contributed by atoms with E-state index < -0.39 is 22.2 Å². The Labute approximate surface area is 156 Å². The van der Waals surface area contributed by atoms with Gasteiger partial charge in [-0.2, -0.15) is 0 Å². The number of imide groups is 1. The third kappa shape index (κ3) is 2.72. The predicted octanol–water partition coefficient (Wildman–Crippen LogP) is 3.10. The van der Waals surface area contributed by atoms with Gasteiger partial charge in [-0.25, -0.2) is 0 Å². The van der Waals surface area contributed by atoms with Crippen molar-refractivity contribution < 1.29 is 14.5 Å². The van der Waals surface area contributed by atoms with E-state index in [1.165, 1.54) is 22.6 Å². The topological polar surface area (TPSA) is 80.5 Å². The van der Waals surface area contributed by atoms with Gasteiger partial charge in [0.25, 0.3) is 5.69 Å². The SMILES string of the molecule is CC1(c2cccc([N+](=O)[O-])c2)[C@@H]2C(=O)N(CCCc3ccccc3)C(=O)[C@@H]21. The maximum Gasteiger partial charge on any atom is 0.269 e. The van der Waals surface area contributed by atoms with Crippen LogP contribution in [0.5, 0.6) is 0 Å². The molecule has 6 heteroatoms. The van der Waals surface area contributed by atoms with E-state index >= 15 is 0 Å². The van der Waals surface area contributed by atoms with Gasteiger partial charge in [-0.15, -0.1) is 0 Å². The minimum Gasteiger partial charge on any atom is -0.282 e. The van der Waals surface area contributed by atoms with Crippen LogP contribution in [0, 0.1) is 22.0 Å². The molecule has 2 aromatic carbocycles. The molecule has 6 nitrogen and oxygen atoms in total. The molecule has 2 aromatic rings. The van der Waals surface area contributed by atoms with Crippen molar-refractivity contribution in [1.29, 1.82) is 0 Å². The summed E-state index contributed by atoms with van der Waals surface area (Å²) in [6, 6.07) is 16.3. The van der Waals surface area contributed by atoms with Gasteiger partial charge < -0.3 is 0 Å². The number of amides is 2. The lowest BCUT2D eigenvalue weighted by Crippen LogP contribution is -2.38. The lowest BCUT2D eigenvalue weighted by Gasteiger charge is -2.23. The number of nitro benzene ring substituents is 1. The van der Waals surface area contributed by atoms with Crippen molar-refractivity contribution in [2.24, 2.45) is 11.8 Å². The van der Waals surface area contributed by atoms with Gasteiger partial charge >= 0.3 is 0 Å². The Balaban J connectivity index is 1.45. The minimum atomic E-state index is -0.629. The summed E-state index contributed by atoms with van der Waals surface area (Å²) in [6.07, 6.45) is 1.55. The summed E-state index contributed by atoms with van der Waals surface area (Å²) in [5.74, 6) is -1.09.